The van der Waals surface area contributed by atoms with Crippen molar-refractivity contribution in [1.82, 2.24) is 9.88 Å². The lowest BCUT2D eigenvalue weighted by Gasteiger charge is -2.23. The third-order valence-corrected chi connectivity index (χ3v) is 4.19. The molecule has 1 fully saturated rings. The van der Waals surface area contributed by atoms with Gasteiger partial charge in [-0.05, 0) is 58.6 Å². The lowest BCUT2D eigenvalue weighted by Crippen LogP contribution is -2.33. The quantitative estimate of drug-likeness (QED) is 0.842. The summed E-state index contributed by atoms with van der Waals surface area (Å²) in [6, 6.07) is 8.54. The summed E-state index contributed by atoms with van der Waals surface area (Å²) < 4.78 is 14.5. The fourth-order valence-electron chi connectivity index (χ4n) is 2.28. The average molecular weight is 349 g/mol. The third-order valence-electron chi connectivity index (χ3n) is 3.53. The van der Waals surface area contributed by atoms with Gasteiger partial charge in [0.25, 0.3) is 5.91 Å². The summed E-state index contributed by atoms with van der Waals surface area (Å²) in [6.07, 6.45) is 5.35. The Morgan fingerprint density at radius 3 is 2.62 bits per heavy atom. The van der Waals surface area contributed by atoms with Gasteiger partial charge in [0.05, 0.1) is 5.56 Å². The van der Waals surface area contributed by atoms with Gasteiger partial charge in [0.15, 0.2) is 0 Å². The zero-order valence-electron chi connectivity index (χ0n) is 11.3. The molecule has 1 aromatic heterocycles. The molecule has 3 rings (SSSR count). The van der Waals surface area contributed by atoms with Crippen LogP contribution in [0.1, 0.15) is 28.8 Å². The molecule has 0 aliphatic heterocycles. The van der Waals surface area contributed by atoms with E-state index < -0.39 is 5.82 Å². The molecule has 21 heavy (non-hydrogen) atoms. The van der Waals surface area contributed by atoms with Gasteiger partial charge in [-0.2, -0.15) is 0 Å². The molecule has 1 saturated carbocycles. The maximum Gasteiger partial charge on any atom is 0.258 e. The van der Waals surface area contributed by atoms with Crippen molar-refractivity contribution >= 4 is 21.8 Å². The molecule has 0 bridgehead atoms. The van der Waals surface area contributed by atoms with Crippen molar-refractivity contribution in [3.05, 3.63) is 64.1 Å². The van der Waals surface area contributed by atoms with Crippen molar-refractivity contribution in [3.8, 4) is 0 Å². The highest BCUT2D eigenvalue weighted by atomic mass is 79.9. The Bertz CT molecular complexity index is 638. The molecule has 1 aliphatic rings. The van der Waals surface area contributed by atoms with Crippen molar-refractivity contribution in [2.75, 3.05) is 0 Å². The van der Waals surface area contributed by atoms with Crippen molar-refractivity contribution < 1.29 is 9.18 Å². The lowest BCUT2D eigenvalue weighted by molar-refractivity contribution is 0.0724. The van der Waals surface area contributed by atoms with Crippen molar-refractivity contribution in [2.24, 2.45) is 0 Å². The molecule has 5 heteroatoms. The van der Waals surface area contributed by atoms with E-state index in [1.54, 1.807) is 29.4 Å². The Morgan fingerprint density at radius 1 is 1.29 bits per heavy atom. The minimum Gasteiger partial charge on any atom is -0.331 e. The zero-order valence-corrected chi connectivity index (χ0v) is 12.9. The van der Waals surface area contributed by atoms with Crippen LogP contribution >= 0.6 is 15.9 Å². The van der Waals surface area contributed by atoms with Gasteiger partial charge < -0.3 is 4.90 Å². The van der Waals surface area contributed by atoms with Gasteiger partial charge in [0.1, 0.15) is 5.82 Å². The lowest BCUT2D eigenvalue weighted by atomic mass is 10.1. The van der Waals surface area contributed by atoms with E-state index in [1.165, 1.54) is 6.07 Å². The standard InChI is InChI=1S/C16H14BrFN2O/c17-13-2-1-3-14(18)15(13)16(21)20(12-4-5-12)10-11-6-8-19-9-7-11/h1-3,6-9,12H,4-5,10H2. The number of carbonyl (C=O) groups excluding carboxylic acids is 1. The fourth-order valence-corrected chi connectivity index (χ4v) is 2.80. The molecule has 1 aromatic carbocycles. The van der Waals surface area contributed by atoms with E-state index in [2.05, 4.69) is 20.9 Å². The van der Waals surface area contributed by atoms with E-state index in [9.17, 15) is 9.18 Å². The van der Waals surface area contributed by atoms with E-state index >= 15 is 0 Å². The van der Waals surface area contributed by atoms with E-state index in [4.69, 9.17) is 0 Å². The first kappa shape index (κ1) is 14.2. The molecule has 0 saturated heterocycles. The molecular weight excluding hydrogens is 335 g/mol. The Labute approximate surface area is 130 Å². The summed E-state index contributed by atoms with van der Waals surface area (Å²) in [5.41, 5.74) is 1.11. The van der Waals surface area contributed by atoms with Crippen LogP contribution in [-0.2, 0) is 6.54 Å². The SMILES string of the molecule is O=C(c1c(F)cccc1Br)N(Cc1ccncc1)C1CC1. The van der Waals surface area contributed by atoms with E-state index in [-0.39, 0.29) is 17.5 Å². The number of hydrogen-bond acceptors (Lipinski definition) is 2. The molecule has 2 aromatic rings. The minimum absolute atomic E-state index is 0.110. The Hall–Kier alpha value is -1.75. The van der Waals surface area contributed by atoms with Gasteiger partial charge >= 0.3 is 0 Å². The molecule has 0 radical (unpaired) electrons. The van der Waals surface area contributed by atoms with Crippen LogP contribution in [0.5, 0.6) is 0 Å². The molecule has 0 spiro atoms. The first-order chi connectivity index (χ1) is 10.2. The summed E-state index contributed by atoms with van der Waals surface area (Å²) in [6.45, 7) is 0.479. The normalized spacial score (nSPS) is 14.0. The number of pyridine rings is 1. The van der Waals surface area contributed by atoms with Gasteiger partial charge in [-0.25, -0.2) is 4.39 Å². The number of amides is 1. The summed E-state index contributed by atoms with van der Waals surface area (Å²) in [5.74, 6) is -0.756. The van der Waals surface area contributed by atoms with Crippen molar-refractivity contribution in [3.63, 3.8) is 0 Å². The van der Waals surface area contributed by atoms with Gasteiger partial charge in [-0.15, -0.1) is 0 Å². The summed E-state index contributed by atoms with van der Waals surface area (Å²) >= 11 is 3.27. The number of nitrogens with zero attached hydrogens (tertiary/aromatic N) is 2. The molecular formula is C16H14BrFN2O. The highest BCUT2D eigenvalue weighted by molar-refractivity contribution is 9.10. The van der Waals surface area contributed by atoms with Crippen LogP contribution in [0.3, 0.4) is 0 Å². The first-order valence-corrected chi connectivity index (χ1v) is 7.60. The number of aromatic nitrogens is 1. The van der Waals surface area contributed by atoms with Crippen LogP contribution in [0.2, 0.25) is 0 Å². The van der Waals surface area contributed by atoms with Gasteiger partial charge in [-0.1, -0.05) is 6.07 Å². The van der Waals surface area contributed by atoms with Crippen LogP contribution in [0.15, 0.2) is 47.2 Å². The van der Waals surface area contributed by atoms with Crippen molar-refractivity contribution in [1.29, 1.82) is 0 Å². The first-order valence-electron chi connectivity index (χ1n) is 6.80. The van der Waals surface area contributed by atoms with Gasteiger partial charge in [-0.3, -0.25) is 9.78 Å². The molecule has 0 unspecified atom stereocenters. The van der Waals surface area contributed by atoms with Crippen LogP contribution < -0.4 is 0 Å². The van der Waals surface area contributed by atoms with Crippen LogP contribution in [0, 0.1) is 5.82 Å². The molecule has 1 heterocycles. The minimum atomic E-state index is -0.491. The van der Waals surface area contributed by atoms with Crippen LogP contribution in [0.25, 0.3) is 0 Å². The molecule has 108 valence electrons. The second-order valence-corrected chi connectivity index (χ2v) is 5.97. The summed E-state index contributed by atoms with van der Waals surface area (Å²) in [5, 5.41) is 0. The average Bonchev–Trinajstić information content (AvgIpc) is 3.30. The zero-order chi connectivity index (χ0) is 14.8. The molecule has 0 atom stereocenters. The van der Waals surface area contributed by atoms with Crippen LogP contribution in [-0.4, -0.2) is 21.8 Å². The fraction of sp³-hybridized carbons (Fsp3) is 0.250. The van der Waals surface area contributed by atoms with E-state index in [0.29, 0.717) is 11.0 Å². The molecule has 1 amide bonds. The molecule has 0 N–H and O–H groups in total. The predicted molar refractivity (Wildman–Crippen MR) is 81.2 cm³/mol. The number of hydrogen-bond donors (Lipinski definition) is 0. The number of benzene rings is 1. The van der Waals surface area contributed by atoms with Crippen LogP contribution in [0.4, 0.5) is 4.39 Å². The Balaban J connectivity index is 1.89. The van der Waals surface area contributed by atoms with Crippen molar-refractivity contribution in [2.45, 2.75) is 25.4 Å². The number of carbonyl (C=O) groups is 1. The molecule has 1 aliphatic carbocycles. The number of rotatable bonds is 4. The maximum absolute atomic E-state index is 14.0. The highest BCUT2D eigenvalue weighted by Crippen LogP contribution is 2.31. The summed E-state index contributed by atoms with van der Waals surface area (Å²) in [7, 11) is 0. The van der Waals surface area contributed by atoms with E-state index in [1.807, 2.05) is 12.1 Å². The topological polar surface area (TPSA) is 33.2 Å². The van der Waals surface area contributed by atoms with Gasteiger partial charge in [0, 0.05) is 29.5 Å². The second-order valence-electron chi connectivity index (χ2n) is 5.12. The third kappa shape index (κ3) is 3.13. The summed E-state index contributed by atoms with van der Waals surface area (Å²) in [4.78, 5) is 18.4. The second kappa shape index (κ2) is 5.93. The monoisotopic (exact) mass is 348 g/mol. The maximum atomic E-state index is 14.0. The highest BCUT2D eigenvalue weighted by Gasteiger charge is 2.34. The Morgan fingerprint density at radius 2 is 2.00 bits per heavy atom. The Kier molecular flexibility index (Phi) is 4.01. The molecule has 3 nitrogen and oxygen atoms in total. The predicted octanol–water partition coefficient (Wildman–Crippen LogP) is 3.79. The smallest absolute Gasteiger partial charge is 0.258 e. The number of halogens is 2. The largest absolute Gasteiger partial charge is 0.331 e. The van der Waals surface area contributed by atoms with Gasteiger partial charge in [0.2, 0.25) is 0 Å². The van der Waals surface area contributed by atoms with E-state index in [0.717, 1.165) is 18.4 Å².